The van der Waals surface area contributed by atoms with Gasteiger partial charge >= 0.3 is 5.97 Å². The Bertz CT molecular complexity index is 2530. The van der Waals surface area contributed by atoms with Crippen LogP contribution in [-0.4, -0.2) is 68.1 Å². The highest BCUT2D eigenvalue weighted by molar-refractivity contribution is 6.09. The molecule has 1 aliphatic carbocycles. The van der Waals surface area contributed by atoms with Crippen LogP contribution in [0.3, 0.4) is 0 Å². The molecule has 0 fully saturated rings. The zero-order valence-electron chi connectivity index (χ0n) is 28.5. The third-order valence-corrected chi connectivity index (χ3v) is 8.38. The number of anilines is 1. The van der Waals surface area contributed by atoms with Crippen molar-refractivity contribution in [3.05, 3.63) is 118 Å². The van der Waals surface area contributed by atoms with Crippen molar-refractivity contribution in [2.24, 2.45) is 5.73 Å². The summed E-state index contributed by atoms with van der Waals surface area (Å²) < 4.78 is 18.5. The van der Waals surface area contributed by atoms with Gasteiger partial charge in [0.05, 0.1) is 18.8 Å². The van der Waals surface area contributed by atoms with Gasteiger partial charge in [-0.3, -0.25) is 9.59 Å². The van der Waals surface area contributed by atoms with E-state index in [1.54, 1.807) is 12.1 Å². The molecule has 2 aromatic heterocycles. The van der Waals surface area contributed by atoms with Crippen molar-refractivity contribution < 1.29 is 38.5 Å². The molecule has 0 radical (unpaired) electrons. The predicted octanol–water partition coefficient (Wildman–Crippen LogP) is 3.60. The number of hydrogen-bond donors (Lipinski definition) is 5. The van der Waals surface area contributed by atoms with E-state index in [1.165, 1.54) is 53.5 Å². The number of amides is 1. The minimum Gasteiger partial charge on any atom is -0.508 e. The number of carboxylic acid groups (broad SMARTS) is 1. The molecule has 5 aromatic rings. The summed E-state index contributed by atoms with van der Waals surface area (Å²) in [6.07, 6.45) is 1.44. The van der Waals surface area contributed by atoms with Crippen molar-refractivity contribution in [1.82, 2.24) is 25.0 Å². The second-order valence-electron chi connectivity index (χ2n) is 12.0. The Hall–Kier alpha value is -7.04. The van der Waals surface area contributed by atoms with Crippen LogP contribution in [0.2, 0.25) is 0 Å². The number of hydrogen-bond acceptors (Lipinski definition) is 13. The number of carbonyl (C=O) groups excluding carboxylic acids is 1. The second kappa shape index (κ2) is 15.3. The minimum atomic E-state index is -1.21. The van der Waals surface area contributed by atoms with Gasteiger partial charge in [-0.05, 0) is 59.2 Å². The summed E-state index contributed by atoms with van der Waals surface area (Å²) in [5, 5.41) is 23.6. The van der Waals surface area contributed by atoms with Crippen molar-refractivity contribution >= 4 is 40.0 Å². The van der Waals surface area contributed by atoms with Gasteiger partial charge in [-0.2, -0.15) is 14.7 Å². The molecule has 2 aliphatic rings. The Balaban J connectivity index is 1.05. The first-order chi connectivity index (χ1) is 26.2. The minimum absolute atomic E-state index is 0.0165. The quantitative estimate of drug-likeness (QED) is 0.0794. The largest absolute Gasteiger partial charge is 0.508 e. The van der Waals surface area contributed by atoms with E-state index in [1.807, 2.05) is 24.3 Å². The van der Waals surface area contributed by atoms with Crippen molar-refractivity contribution in [2.45, 2.75) is 13.2 Å². The SMILES string of the molecule is NCCOCCOn1cnc2c(OCc3ccc(CNC(=O)c4ccc(C(=O)O)c(-c5c6ccc(=O)cc-6oc6cc(O)ccc56)c4)cc3)nc(N)nc21. The van der Waals surface area contributed by atoms with Gasteiger partial charge in [0.25, 0.3) is 5.91 Å². The van der Waals surface area contributed by atoms with Gasteiger partial charge in [0.1, 0.15) is 36.6 Å². The number of aromatic carboxylic acids is 1. The third-order valence-electron chi connectivity index (χ3n) is 8.38. The average molecular weight is 732 g/mol. The summed E-state index contributed by atoms with van der Waals surface area (Å²) in [6.45, 7) is 1.73. The standard InChI is InChI=1S/C38H33N7O9/c39-11-12-51-13-14-53-45-20-42-33-34(45)43-38(40)44-36(33)52-19-22-3-1-21(2-4-22)18-41-35(48)23-5-8-26(37(49)50)29(15-23)32-27-9-6-24(46)16-30(27)54-31-17-25(47)7-10-28(31)32/h1-10,15-17,20,46H,11-14,18-19,39H2,(H,41,48)(H,49,50)(H2,40,43,44). The van der Waals surface area contributed by atoms with E-state index in [0.29, 0.717) is 47.4 Å². The predicted molar refractivity (Wildman–Crippen MR) is 196 cm³/mol. The van der Waals surface area contributed by atoms with Crippen LogP contribution in [0, 0.1) is 0 Å². The van der Waals surface area contributed by atoms with E-state index in [0.717, 1.165) is 11.1 Å². The molecule has 1 aliphatic heterocycles. The van der Waals surface area contributed by atoms with E-state index in [4.69, 9.17) is 30.2 Å². The lowest BCUT2D eigenvalue weighted by Gasteiger charge is -2.17. The topological polar surface area (TPSA) is 240 Å². The molecule has 54 heavy (non-hydrogen) atoms. The fraction of sp³-hybridized carbons (Fsp3) is 0.158. The molecular weight excluding hydrogens is 698 g/mol. The van der Waals surface area contributed by atoms with Crippen molar-refractivity contribution in [1.29, 1.82) is 0 Å². The number of nitrogens with one attached hydrogen (secondary N) is 1. The highest BCUT2D eigenvalue weighted by Gasteiger charge is 2.23. The van der Waals surface area contributed by atoms with E-state index in [2.05, 4.69) is 20.3 Å². The van der Waals surface area contributed by atoms with Crippen LogP contribution < -0.4 is 31.8 Å². The summed E-state index contributed by atoms with van der Waals surface area (Å²) in [5.74, 6) is -1.35. The Morgan fingerprint density at radius 2 is 1.72 bits per heavy atom. The fourth-order valence-electron chi connectivity index (χ4n) is 5.86. The molecule has 3 heterocycles. The first-order valence-corrected chi connectivity index (χ1v) is 16.7. The van der Waals surface area contributed by atoms with Gasteiger partial charge in [-0.1, -0.05) is 24.3 Å². The summed E-state index contributed by atoms with van der Waals surface area (Å²) in [4.78, 5) is 56.4. The molecule has 274 valence electrons. The molecule has 1 amide bonds. The lowest BCUT2D eigenvalue weighted by molar-refractivity contribution is 0.0446. The molecular formula is C38H33N7O9. The number of rotatable bonds is 14. The fourth-order valence-corrected chi connectivity index (χ4v) is 5.86. The van der Waals surface area contributed by atoms with Crippen LogP contribution in [0.15, 0.2) is 94.4 Å². The van der Waals surface area contributed by atoms with Crippen LogP contribution >= 0.6 is 0 Å². The zero-order chi connectivity index (χ0) is 37.8. The molecule has 0 atom stereocenters. The number of phenols is 1. The number of nitrogens with two attached hydrogens (primary N) is 2. The maximum atomic E-state index is 13.4. The lowest BCUT2D eigenvalue weighted by atomic mass is 9.89. The molecule has 7 N–H and O–H groups in total. The summed E-state index contributed by atoms with van der Waals surface area (Å²) in [6, 6.07) is 20.3. The highest BCUT2D eigenvalue weighted by atomic mass is 16.7. The number of benzene rings is 4. The lowest BCUT2D eigenvalue weighted by Crippen LogP contribution is -2.23. The first-order valence-electron chi connectivity index (χ1n) is 16.7. The number of ether oxygens (including phenoxy) is 2. The smallest absolute Gasteiger partial charge is 0.336 e. The summed E-state index contributed by atoms with van der Waals surface area (Å²) >= 11 is 0. The van der Waals surface area contributed by atoms with Crippen LogP contribution in [0.25, 0.3) is 44.6 Å². The van der Waals surface area contributed by atoms with E-state index in [-0.39, 0.29) is 70.8 Å². The maximum absolute atomic E-state index is 13.4. The highest BCUT2D eigenvalue weighted by Crippen LogP contribution is 2.42. The molecule has 16 heteroatoms. The Kier molecular flexibility index (Phi) is 10.0. The molecule has 3 aromatic carbocycles. The van der Waals surface area contributed by atoms with Gasteiger partial charge in [-0.25, -0.2) is 9.78 Å². The second-order valence-corrected chi connectivity index (χ2v) is 12.0. The van der Waals surface area contributed by atoms with E-state index in [9.17, 15) is 24.6 Å². The van der Waals surface area contributed by atoms with Crippen LogP contribution in [-0.2, 0) is 17.9 Å². The Morgan fingerprint density at radius 1 is 0.907 bits per heavy atom. The van der Waals surface area contributed by atoms with Gasteiger partial charge in [0.2, 0.25) is 17.5 Å². The van der Waals surface area contributed by atoms with E-state index >= 15 is 0 Å². The molecule has 0 saturated heterocycles. The third kappa shape index (κ3) is 7.45. The van der Waals surface area contributed by atoms with Gasteiger partial charge in [-0.15, -0.1) is 0 Å². The van der Waals surface area contributed by atoms with Crippen molar-refractivity contribution in [2.75, 3.05) is 32.1 Å². The summed E-state index contributed by atoms with van der Waals surface area (Å²) in [7, 11) is 0. The number of carboxylic acids is 1. The molecule has 0 bridgehead atoms. The van der Waals surface area contributed by atoms with Gasteiger partial charge in [0, 0.05) is 47.3 Å². The number of fused-ring (bicyclic) bond motifs is 3. The molecule has 0 unspecified atom stereocenters. The number of aromatic hydroxyl groups is 1. The zero-order valence-corrected chi connectivity index (χ0v) is 28.5. The number of nitrogens with zero attached hydrogens (tertiary/aromatic N) is 4. The average Bonchev–Trinajstić information content (AvgIpc) is 3.57. The number of aromatic nitrogens is 4. The van der Waals surface area contributed by atoms with Crippen LogP contribution in [0.5, 0.6) is 11.6 Å². The number of nitrogen functional groups attached to an aromatic ring is 1. The molecule has 0 saturated carbocycles. The van der Waals surface area contributed by atoms with Crippen LogP contribution in [0.1, 0.15) is 31.8 Å². The maximum Gasteiger partial charge on any atom is 0.336 e. The number of carbonyl (C=O) groups is 2. The molecule has 0 spiro atoms. The van der Waals surface area contributed by atoms with Gasteiger partial charge in [0.15, 0.2) is 10.9 Å². The molecule has 16 nitrogen and oxygen atoms in total. The van der Waals surface area contributed by atoms with Crippen molar-refractivity contribution in [3.63, 3.8) is 0 Å². The monoisotopic (exact) mass is 731 g/mol. The Labute approximate surface area is 305 Å². The van der Waals surface area contributed by atoms with Gasteiger partial charge < -0.3 is 45.7 Å². The number of phenolic OH excluding ortho intramolecular Hbond substituents is 1. The van der Waals surface area contributed by atoms with Crippen LogP contribution in [0.4, 0.5) is 5.95 Å². The first kappa shape index (κ1) is 35.4. The van der Waals surface area contributed by atoms with Crippen molar-refractivity contribution in [3.8, 4) is 34.1 Å². The normalized spacial score (nSPS) is 11.3. The van der Waals surface area contributed by atoms with E-state index < -0.39 is 11.9 Å². The number of imidazole rings is 1. The summed E-state index contributed by atoms with van der Waals surface area (Å²) in [5.41, 5.74) is 14.9. The Morgan fingerprint density at radius 3 is 2.52 bits per heavy atom. The molecule has 7 rings (SSSR count).